The summed E-state index contributed by atoms with van der Waals surface area (Å²) in [6.45, 7) is 3.99. The summed E-state index contributed by atoms with van der Waals surface area (Å²) in [5.74, 6) is 0.413. The molecule has 1 heterocycles. The number of carbonyl (C=O) groups is 1. The predicted molar refractivity (Wildman–Crippen MR) is 129 cm³/mol. The fourth-order valence-electron chi connectivity index (χ4n) is 2.91. The second-order valence-electron chi connectivity index (χ2n) is 6.60. The average Bonchev–Trinajstić information content (AvgIpc) is 3.08. The maximum atomic E-state index is 12.8. The Bertz CT molecular complexity index is 1210. The van der Waals surface area contributed by atoms with Crippen molar-refractivity contribution in [3.05, 3.63) is 78.4 Å². The Balaban J connectivity index is 1.68. The predicted octanol–water partition coefficient (Wildman–Crippen LogP) is 6.57. The molecule has 0 bridgehead atoms. The van der Waals surface area contributed by atoms with Crippen LogP contribution < -0.4 is 5.32 Å². The third-order valence-corrected chi connectivity index (χ3v) is 6.06. The summed E-state index contributed by atoms with van der Waals surface area (Å²) in [5, 5.41) is 3.03. The molecule has 3 aromatic carbocycles. The summed E-state index contributed by atoms with van der Waals surface area (Å²) in [7, 11) is 0. The zero-order valence-corrected chi connectivity index (χ0v) is 19.5. The zero-order valence-electron chi connectivity index (χ0n) is 15.2. The number of hydrogen-bond acceptors (Lipinski definition) is 3. The summed E-state index contributed by atoms with van der Waals surface area (Å²) in [5.41, 5.74) is 5.92. The van der Waals surface area contributed by atoms with Crippen LogP contribution in [0.3, 0.4) is 0 Å². The quantitative estimate of drug-likeness (QED) is 0.273. The molecule has 0 aliphatic heterocycles. The maximum absolute atomic E-state index is 12.8. The molecule has 0 fully saturated rings. The van der Waals surface area contributed by atoms with Crippen molar-refractivity contribution in [2.24, 2.45) is 0 Å². The minimum absolute atomic E-state index is 0.128. The molecule has 6 heteroatoms. The third kappa shape index (κ3) is 3.93. The van der Waals surface area contributed by atoms with E-state index >= 15 is 0 Å². The highest BCUT2D eigenvalue weighted by Gasteiger charge is 2.14. The van der Waals surface area contributed by atoms with E-state index < -0.39 is 0 Å². The monoisotopic (exact) mass is 594 g/mol. The van der Waals surface area contributed by atoms with Crippen LogP contribution in [0, 0.1) is 21.0 Å². The smallest absolute Gasteiger partial charge is 0.256 e. The van der Waals surface area contributed by atoms with E-state index in [2.05, 4.69) is 55.5 Å². The van der Waals surface area contributed by atoms with Gasteiger partial charge in [0.2, 0.25) is 5.89 Å². The van der Waals surface area contributed by atoms with E-state index in [4.69, 9.17) is 4.42 Å². The molecule has 1 aromatic heterocycles. The number of aromatic nitrogens is 1. The van der Waals surface area contributed by atoms with Crippen molar-refractivity contribution in [3.8, 4) is 11.5 Å². The van der Waals surface area contributed by atoms with Crippen LogP contribution in [0.15, 0.2) is 59.0 Å². The van der Waals surface area contributed by atoms with Gasteiger partial charge in [0.1, 0.15) is 5.52 Å². The van der Waals surface area contributed by atoms with Crippen LogP contribution >= 0.6 is 45.2 Å². The van der Waals surface area contributed by atoms with Gasteiger partial charge in [-0.25, -0.2) is 4.98 Å². The van der Waals surface area contributed by atoms with Gasteiger partial charge in [-0.05, 0) is 113 Å². The highest BCUT2D eigenvalue weighted by atomic mass is 127. The van der Waals surface area contributed by atoms with Gasteiger partial charge in [0.15, 0.2) is 5.58 Å². The van der Waals surface area contributed by atoms with Crippen LogP contribution in [-0.2, 0) is 0 Å². The number of halogens is 2. The van der Waals surface area contributed by atoms with Crippen LogP contribution in [0.5, 0.6) is 0 Å². The Hall–Kier alpha value is -1.94. The number of hydrogen-bond donors (Lipinski definition) is 1. The van der Waals surface area contributed by atoms with Gasteiger partial charge < -0.3 is 9.73 Å². The van der Waals surface area contributed by atoms with Crippen LogP contribution in [0.1, 0.15) is 21.5 Å². The summed E-state index contributed by atoms with van der Waals surface area (Å²) >= 11 is 4.39. The Kier molecular flexibility index (Phi) is 5.42. The van der Waals surface area contributed by atoms with Crippen molar-refractivity contribution in [2.75, 3.05) is 5.32 Å². The molecule has 4 aromatic rings. The lowest BCUT2D eigenvalue weighted by Crippen LogP contribution is -2.14. The fraction of sp³-hybridized carbons (Fsp3) is 0.0909. The Morgan fingerprint density at radius 1 is 1.00 bits per heavy atom. The van der Waals surface area contributed by atoms with E-state index in [1.165, 1.54) is 0 Å². The minimum Gasteiger partial charge on any atom is -0.436 e. The Morgan fingerprint density at radius 3 is 2.64 bits per heavy atom. The summed E-state index contributed by atoms with van der Waals surface area (Å²) in [4.78, 5) is 17.4. The van der Waals surface area contributed by atoms with Crippen molar-refractivity contribution >= 4 is 67.9 Å². The molecule has 4 rings (SSSR count). The molecule has 0 saturated carbocycles. The zero-order chi connectivity index (χ0) is 19.8. The molecule has 0 radical (unpaired) electrons. The van der Waals surface area contributed by atoms with E-state index in [-0.39, 0.29) is 5.91 Å². The first-order valence-corrected chi connectivity index (χ1v) is 10.8. The van der Waals surface area contributed by atoms with Gasteiger partial charge in [-0.1, -0.05) is 12.1 Å². The molecule has 0 spiro atoms. The Morgan fingerprint density at radius 2 is 1.82 bits per heavy atom. The molecule has 140 valence electrons. The number of aryl methyl sites for hydroxylation is 2. The van der Waals surface area contributed by atoms with Gasteiger partial charge in [0.25, 0.3) is 5.91 Å². The van der Waals surface area contributed by atoms with Gasteiger partial charge in [0.05, 0.1) is 5.56 Å². The minimum atomic E-state index is -0.128. The number of oxazole rings is 1. The number of anilines is 1. The lowest BCUT2D eigenvalue weighted by molar-refractivity contribution is 0.102. The first-order valence-electron chi connectivity index (χ1n) is 8.65. The van der Waals surface area contributed by atoms with Gasteiger partial charge in [-0.2, -0.15) is 0 Å². The molecule has 0 aliphatic carbocycles. The van der Waals surface area contributed by atoms with E-state index in [1.54, 1.807) is 0 Å². The van der Waals surface area contributed by atoms with Crippen LogP contribution in [-0.4, -0.2) is 10.9 Å². The lowest BCUT2D eigenvalue weighted by atomic mass is 10.1. The van der Waals surface area contributed by atoms with Gasteiger partial charge in [-0.3, -0.25) is 4.79 Å². The third-order valence-electron chi connectivity index (χ3n) is 4.45. The first kappa shape index (κ1) is 19.4. The molecule has 4 nitrogen and oxygen atoms in total. The van der Waals surface area contributed by atoms with Crippen molar-refractivity contribution in [2.45, 2.75) is 13.8 Å². The number of nitrogens with zero attached hydrogens (tertiary/aromatic N) is 1. The topological polar surface area (TPSA) is 55.1 Å². The lowest BCUT2D eigenvalue weighted by Gasteiger charge is -2.11. The summed E-state index contributed by atoms with van der Waals surface area (Å²) in [6, 6.07) is 17.6. The highest BCUT2D eigenvalue weighted by molar-refractivity contribution is 14.1. The standard InChI is InChI=1S/C22H16I2N2O2/c1-12-3-8-20-19(9-12)26-22(28-20)14-5-4-13(2)18(10-14)25-21(27)16-11-15(23)6-7-17(16)24/h3-11H,1-2H3,(H,25,27). The number of amides is 1. The number of carbonyl (C=O) groups excluding carboxylic acids is 1. The van der Waals surface area contributed by atoms with E-state index in [1.807, 2.05) is 68.4 Å². The molecular formula is C22H16I2N2O2. The molecule has 0 aliphatic rings. The van der Waals surface area contributed by atoms with Gasteiger partial charge in [-0.15, -0.1) is 0 Å². The number of benzene rings is 3. The van der Waals surface area contributed by atoms with Crippen molar-refractivity contribution in [1.82, 2.24) is 4.98 Å². The molecule has 1 N–H and O–H groups in total. The maximum Gasteiger partial charge on any atom is 0.256 e. The largest absolute Gasteiger partial charge is 0.436 e. The summed E-state index contributed by atoms with van der Waals surface area (Å²) < 4.78 is 7.84. The van der Waals surface area contributed by atoms with Gasteiger partial charge >= 0.3 is 0 Å². The summed E-state index contributed by atoms with van der Waals surface area (Å²) in [6.07, 6.45) is 0. The average molecular weight is 594 g/mol. The first-order chi connectivity index (χ1) is 13.4. The van der Waals surface area contributed by atoms with Crippen LogP contribution in [0.4, 0.5) is 5.69 Å². The van der Waals surface area contributed by atoms with E-state index in [0.29, 0.717) is 11.5 Å². The normalized spacial score (nSPS) is 11.0. The Labute approximate surface area is 190 Å². The molecule has 0 saturated heterocycles. The molecule has 0 atom stereocenters. The molecule has 1 amide bonds. The number of fused-ring (bicyclic) bond motifs is 1. The SMILES string of the molecule is Cc1ccc2oc(-c3ccc(C)c(NC(=O)c4cc(I)ccc4I)c3)nc2c1. The van der Waals surface area contributed by atoms with Gasteiger partial charge in [0, 0.05) is 18.4 Å². The highest BCUT2D eigenvalue weighted by Crippen LogP contribution is 2.29. The number of rotatable bonds is 3. The van der Waals surface area contributed by atoms with Crippen LogP contribution in [0.25, 0.3) is 22.6 Å². The van der Waals surface area contributed by atoms with Crippen molar-refractivity contribution in [3.63, 3.8) is 0 Å². The molecular weight excluding hydrogens is 578 g/mol. The molecule has 28 heavy (non-hydrogen) atoms. The van der Waals surface area contributed by atoms with Crippen molar-refractivity contribution < 1.29 is 9.21 Å². The van der Waals surface area contributed by atoms with Crippen LogP contribution in [0.2, 0.25) is 0 Å². The molecule has 0 unspecified atom stereocenters. The number of nitrogens with one attached hydrogen (secondary N) is 1. The second kappa shape index (κ2) is 7.82. The van der Waals surface area contributed by atoms with E-state index in [9.17, 15) is 4.79 Å². The van der Waals surface area contributed by atoms with Crippen molar-refractivity contribution in [1.29, 1.82) is 0 Å². The van der Waals surface area contributed by atoms with E-state index in [0.717, 1.165) is 40.6 Å². The second-order valence-corrected chi connectivity index (χ2v) is 9.01. The fourth-order valence-corrected chi connectivity index (χ4v) is 3.98.